The van der Waals surface area contributed by atoms with Crippen LogP contribution in [0.5, 0.6) is 0 Å². The van der Waals surface area contributed by atoms with Crippen molar-refractivity contribution in [2.24, 2.45) is 11.7 Å². The molecule has 17 heavy (non-hydrogen) atoms. The van der Waals surface area contributed by atoms with Gasteiger partial charge in [-0.2, -0.15) is 0 Å². The van der Waals surface area contributed by atoms with E-state index in [0.29, 0.717) is 25.4 Å². The third kappa shape index (κ3) is 10.3. The van der Waals surface area contributed by atoms with E-state index in [1.54, 1.807) is 0 Å². The summed E-state index contributed by atoms with van der Waals surface area (Å²) in [5, 5.41) is 11.5. The number of aliphatic hydroxyl groups is 1. The van der Waals surface area contributed by atoms with Crippen LogP contribution in [-0.2, 0) is 4.79 Å². The Hall–Kier alpha value is -0.610. The van der Waals surface area contributed by atoms with Crippen LogP contribution in [0.3, 0.4) is 0 Å². The number of carbonyl (C=O) groups is 1. The highest BCUT2D eigenvalue weighted by atomic mass is 16.2. The Balaban J connectivity index is 3.57. The summed E-state index contributed by atoms with van der Waals surface area (Å²) >= 11 is 0. The largest absolute Gasteiger partial charge is 0.396 e. The molecule has 0 spiro atoms. The van der Waals surface area contributed by atoms with Crippen LogP contribution in [-0.4, -0.2) is 30.7 Å². The van der Waals surface area contributed by atoms with Gasteiger partial charge in [0.15, 0.2) is 0 Å². The fourth-order valence-corrected chi connectivity index (χ4v) is 1.97. The van der Waals surface area contributed by atoms with Crippen LogP contribution >= 0.6 is 0 Å². The number of hydrogen-bond donors (Lipinski definition) is 3. The molecule has 0 radical (unpaired) electrons. The first kappa shape index (κ1) is 16.4. The topological polar surface area (TPSA) is 75.4 Å². The van der Waals surface area contributed by atoms with Crippen molar-refractivity contribution in [2.45, 2.75) is 51.9 Å². The highest BCUT2D eigenvalue weighted by Gasteiger charge is 2.09. The second kappa shape index (κ2) is 11.9. The molecule has 0 aromatic heterocycles. The molecule has 1 amide bonds. The van der Waals surface area contributed by atoms with E-state index in [-0.39, 0.29) is 12.5 Å². The SMILES string of the molecule is CCCC(CCN)CCC(=O)NCCCCO. The standard InChI is InChI=1S/C13H28N2O2/c1-2-5-12(8-9-14)6-7-13(17)15-10-3-4-11-16/h12,16H,2-11,14H2,1H3,(H,15,17). The van der Waals surface area contributed by atoms with Crippen molar-refractivity contribution in [1.82, 2.24) is 5.32 Å². The van der Waals surface area contributed by atoms with Gasteiger partial charge in [-0.1, -0.05) is 19.8 Å². The minimum atomic E-state index is 0.126. The fourth-order valence-electron chi connectivity index (χ4n) is 1.97. The third-order valence-corrected chi connectivity index (χ3v) is 2.96. The quantitative estimate of drug-likeness (QED) is 0.481. The molecule has 4 N–H and O–H groups in total. The van der Waals surface area contributed by atoms with Crippen LogP contribution in [0.25, 0.3) is 0 Å². The first-order valence-corrected chi connectivity index (χ1v) is 6.82. The van der Waals surface area contributed by atoms with Gasteiger partial charge in [0.1, 0.15) is 0 Å². The second-order valence-corrected chi connectivity index (χ2v) is 4.55. The van der Waals surface area contributed by atoms with Gasteiger partial charge in [-0.25, -0.2) is 0 Å². The van der Waals surface area contributed by atoms with E-state index >= 15 is 0 Å². The van der Waals surface area contributed by atoms with Crippen molar-refractivity contribution >= 4 is 5.91 Å². The summed E-state index contributed by atoms with van der Waals surface area (Å²) in [6.45, 7) is 3.75. The molecule has 0 aliphatic heterocycles. The average molecular weight is 244 g/mol. The van der Waals surface area contributed by atoms with Gasteiger partial charge in [-0.15, -0.1) is 0 Å². The minimum absolute atomic E-state index is 0.126. The fraction of sp³-hybridized carbons (Fsp3) is 0.923. The first-order valence-electron chi connectivity index (χ1n) is 6.82. The Morgan fingerprint density at radius 3 is 2.65 bits per heavy atom. The highest BCUT2D eigenvalue weighted by Crippen LogP contribution is 2.16. The van der Waals surface area contributed by atoms with Crippen molar-refractivity contribution in [2.75, 3.05) is 19.7 Å². The predicted octanol–water partition coefficient (Wildman–Crippen LogP) is 1.42. The molecule has 0 aliphatic rings. The maximum Gasteiger partial charge on any atom is 0.220 e. The molecule has 0 aromatic rings. The van der Waals surface area contributed by atoms with Crippen molar-refractivity contribution < 1.29 is 9.90 Å². The van der Waals surface area contributed by atoms with Crippen LogP contribution in [0.1, 0.15) is 51.9 Å². The van der Waals surface area contributed by atoms with Crippen molar-refractivity contribution in [3.05, 3.63) is 0 Å². The molecular weight excluding hydrogens is 216 g/mol. The summed E-state index contributed by atoms with van der Waals surface area (Å²) in [4.78, 5) is 11.5. The van der Waals surface area contributed by atoms with Crippen LogP contribution in [0, 0.1) is 5.92 Å². The zero-order chi connectivity index (χ0) is 12.9. The summed E-state index contributed by atoms with van der Waals surface area (Å²) in [6.07, 6.45) is 6.49. The maximum absolute atomic E-state index is 11.5. The maximum atomic E-state index is 11.5. The van der Waals surface area contributed by atoms with Gasteiger partial charge >= 0.3 is 0 Å². The van der Waals surface area contributed by atoms with Crippen molar-refractivity contribution in [3.63, 3.8) is 0 Å². The molecule has 1 unspecified atom stereocenters. The lowest BCUT2D eigenvalue weighted by atomic mass is 9.94. The van der Waals surface area contributed by atoms with E-state index in [9.17, 15) is 4.79 Å². The highest BCUT2D eigenvalue weighted by molar-refractivity contribution is 5.75. The smallest absolute Gasteiger partial charge is 0.220 e. The van der Waals surface area contributed by atoms with E-state index < -0.39 is 0 Å². The Morgan fingerprint density at radius 1 is 1.29 bits per heavy atom. The number of aliphatic hydroxyl groups excluding tert-OH is 1. The van der Waals surface area contributed by atoms with Gasteiger partial charge in [0.05, 0.1) is 0 Å². The molecule has 102 valence electrons. The monoisotopic (exact) mass is 244 g/mol. The molecule has 0 bridgehead atoms. The molecule has 4 nitrogen and oxygen atoms in total. The molecule has 0 aromatic carbocycles. The summed E-state index contributed by atoms with van der Waals surface area (Å²) < 4.78 is 0. The van der Waals surface area contributed by atoms with E-state index in [2.05, 4.69) is 12.2 Å². The number of nitrogens with one attached hydrogen (secondary N) is 1. The molecule has 0 heterocycles. The molecule has 0 rings (SSSR count). The van der Waals surface area contributed by atoms with Gasteiger partial charge in [0.25, 0.3) is 0 Å². The summed E-state index contributed by atoms with van der Waals surface area (Å²) in [5.74, 6) is 0.717. The predicted molar refractivity (Wildman–Crippen MR) is 70.6 cm³/mol. The summed E-state index contributed by atoms with van der Waals surface area (Å²) in [6, 6.07) is 0. The van der Waals surface area contributed by atoms with E-state index in [1.807, 2.05) is 0 Å². The Labute approximate surface area is 105 Å². The lowest BCUT2D eigenvalue weighted by Gasteiger charge is -2.14. The number of hydrogen-bond acceptors (Lipinski definition) is 3. The molecule has 0 fully saturated rings. The molecule has 0 saturated carbocycles. The molecule has 0 aliphatic carbocycles. The summed E-state index contributed by atoms with van der Waals surface area (Å²) in [7, 11) is 0. The number of rotatable bonds is 11. The lowest BCUT2D eigenvalue weighted by molar-refractivity contribution is -0.121. The zero-order valence-electron chi connectivity index (χ0n) is 11.1. The Bertz CT molecular complexity index is 180. The molecule has 1 atom stereocenters. The number of carbonyl (C=O) groups excluding carboxylic acids is 1. The van der Waals surface area contributed by atoms with E-state index in [1.165, 1.54) is 0 Å². The third-order valence-electron chi connectivity index (χ3n) is 2.96. The van der Waals surface area contributed by atoms with Crippen LogP contribution < -0.4 is 11.1 Å². The van der Waals surface area contributed by atoms with Crippen LogP contribution in [0.2, 0.25) is 0 Å². The Kier molecular flexibility index (Phi) is 11.4. The van der Waals surface area contributed by atoms with Gasteiger partial charge in [0, 0.05) is 19.6 Å². The normalized spacial score (nSPS) is 12.4. The van der Waals surface area contributed by atoms with Gasteiger partial charge in [-0.05, 0) is 38.1 Å². The zero-order valence-corrected chi connectivity index (χ0v) is 11.1. The molecule has 0 saturated heterocycles. The van der Waals surface area contributed by atoms with Gasteiger partial charge in [-0.3, -0.25) is 4.79 Å². The number of amides is 1. The van der Waals surface area contributed by atoms with Crippen LogP contribution in [0.15, 0.2) is 0 Å². The van der Waals surface area contributed by atoms with E-state index in [0.717, 1.165) is 38.5 Å². The summed E-state index contributed by atoms with van der Waals surface area (Å²) in [5.41, 5.74) is 5.56. The minimum Gasteiger partial charge on any atom is -0.396 e. The Morgan fingerprint density at radius 2 is 2.06 bits per heavy atom. The number of unbranched alkanes of at least 4 members (excludes halogenated alkanes) is 1. The lowest BCUT2D eigenvalue weighted by Crippen LogP contribution is -2.25. The van der Waals surface area contributed by atoms with Crippen LogP contribution in [0.4, 0.5) is 0 Å². The van der Waals surface area contributed by atoms with Crippen molar-refractivity contribution in [3.8, 4) is 0 Å². The second-order valence-electron chi connectivity index (χ2n) is 4.55. The van der Waals surface area contributed by atoms with Crippen molar-refractivity contribution in [1.29, 1.82) is 0 Å². The molecular formula is C13H28N2O2. The van der Waals surface area contributed by atoms with Gasteiger partial charge in [0.2, 0.25) is 5.91 Å². The number of nitrogens with two attached hydrogens (primary N) is 1. The average Bonchev–Trinajstić information content (AvgIpc) is 2.32. The molecule has 4 heteroatoms. The van der Waals surface area contributed by atoms with Gasteiger partial charge < -0.3 is 16.2 Å². The van der Waals surface area contributed by atoms with E-state index in [4.69, 9.17) is 10.8 Å². The first-order chi connectivity index (χ1) is 8.24.